The molecule has 6 heteroatoms. The van der Waals surface area contributed by atoms with Gasteiger partial charge in [0.25, 0.3) is 0 Å². The summed E-state index contributed by atoms with van der Waals surface area (Å²) in [6.45, 7) is 2.30. The molecule has 0 aromatic carbocycles. The Kier molecular flexibility index (Phi) is 27.8. The number of hydrogen-bond acceptors (Lipinski definition) is 3. The fourth-order valence-corrected chi connectivity index (χ4v) is 3.70. The minimum atomic E-state index is -1.17. The first kappa shape index (κ1) is 31.1. The van der Waals surface area contributed by atoms with Gasteiger partial charge in [-0.1, -0.05) is 39.0 Å². The van der Waals surface area contributed by atoms with Gasteiger partial charge in [-0.05, 0) is 6.42 Å². The van der Waals surface area contributed by atoms with Crippen molar-refractivity contribution in [3.8, 4) is 0 Å². The van der Waals surface area contributed by atoms with Gasteiger partial charge in [0, 0.05) is 6.42 Å². The molecule has 4 N–H and O–H groups in total. The topological polar surface area (TPSA) is 101 Å². The molecule has 0 fully saturated rings. The van der Waals surface area contributed by atoms with E-state index in [9.17, 15) is 9.59 Å². The molecule has 0 aromatic rings. The van der Waals surface area contributed by atoms with Gasteiger partial charge in [-0.15, -0.1) is 0 Å². The van der Waals surface area contributed by atoms with Crippen molar-refractivity contribution in [1.29, 1.82) is 0 Å². The van der Waals surface area contributed by atoms with Gasteiger partial charge in [0.1, 0.15) is 6.04 Å². The molecule has 0 amide bonds. The maximum Gasteiger partial charge on any atom is 0.320 e. The summed E-state index contributed by atoms with van der Waals surface area (Å²) in [6.07, 6.45) is 23.5. The molecule has 0 aliphatic carbocycles. The van der Waals surface area contributed by atoms with Crippen molar-refractivity contribution >= 4 is 39.9 Å². The van der Waals surface area contributed by atoms with E-state index in [0.29, 0.717) is 0 Å². The van der Waals surface area contributed by atoms with E-state index in [-0.39, 0.29) is 12.8 Å². The zero-order valence-corrected chi connectivity index (χ0v) is 21.3. The van der Waals surface area contributed by atoms with E-state index < -0.39 is 18.0 Å². The third-order valence-corrected chi connectivity index (χ3v) is 5.90. The third kappa shape index (κ3) is 30.2. The Bertz CT molecular complexity index is 351. The van der Waals surface area contributed by atoms with Crippen molar-refractivity contribution in [3.63, 3.8) is 0 Å². The van der Waals surface area contributed by atoms with Crippen LogP contribution in [0.15, 0.2) is 0 Å². The predicted octanol–water partition coefficient (Wildman–Crippen LogP) is 6.10. The third-order valence-electron chi connectivity index (χ3n) is 5.19. The van der Waals surface area contributed by atoms with Crippen LogP contribution in [0.25, 0.3) is 0 Å². The zero-order chi connectivity index (χ0) is 22.2. The molecule has 1 unspecified atom stereocenters. The average molecular weight is 424 g/mol. The van der Waals surface area contributed by atoms with E-state index in [2.05, 4.69) is 6.92 Å². The van der Waals surface area contributed by atoms with Crippen LogP contribution in [0.4, 0.5) is 0 Å². The molecule has 0 aromatic heterocycles. The predicted molar refractivity (Wildman–Crippen MR) is 123 cm³/mol. The summed E-state index contributed by atoms with van der Waals surface area (Å²) >= 11 is 1.41. The standard InChI is InChI=1S/C18H37.C5H9NO4.Na/c1-3-5-7-9-11-13-15-17-18-16-14-12-10-8-6-4-2;6-3(5(9)10)1-2-4(7)8;/h1,3-18H2,2H3;3H,1-2,6H2,(H,7,8)(H,9,10);. The maximum atomic E-state index is 9.99. The van der Waals surface area contributed by atoms with Crippen molar-refractivity contribution in [1.82, 2.24) is 0 Å². The van der Waals surface area contributed by atoms with Crippen molar-refractivity contribution < 1.29 is 19.8 Å². The van der Waals surface area contributed by atoms with Gasteiger partial charge in [0.05, 0.1) is 0 Å². The second kappa shape index (κ2) is 25.9. The van der Waals surface area contributed by atoms with Gasteiger partial charge >= 0.3 is 114 Å². The van der Waals surface area contributed by atoms with E-state index in [1.807, 2.05) is 0 Å². The van der Waals surface area contributed by atoms with Crippen LogP contribution in [0, 0.1) is 0 Å². The molecule has 0 aliphatic rings. The molecule has 0 spiro atoms. The second-order valence-corrected chi connectivity index (χ2v) is 9.18. The van der Waals surface area contributed by atoms with Crippen molar-refractivity contribution in [2.75, 3.05) is 0 Å². The van der Waals surface area contributed by atoms with Crippen LogP contribution in [0.5, 0.6) is 0 Å². The van der Waals surface area contributed by atoms with E-state index in [1.54, 1.807) is 0 Å². The zero-order valence-electron chi connectivity index (χ0n) is 19.3. The Morgan fingerprint density at radius 1 is 0.724 bits per heavy atom. The average Bonchev–Trinajstić information content (AvgIpc) is 2.69. The van der Waals surface area contributed by atoms with Crippen LogP contribution in [0.1, 0.15) is 122 Å². The first-order valence-corrected chi connectivity index (χ1v) is 13.6. The fraction of sp³-hybridized carbons (Fsp3) is 0.913. The number of carboxylic acid groups (broad SMARTS) is 2. The van der Waals surface area contributed by atoms with Gasteiger partial charge < -0.3 is 15.9 Å². The molecule has 0 heterocycles. The summed E-state index contributed by atoms with van der Waals surface area (Å²) in [5.41, 5.74) is 5.00. The van der Waals surface area contributed by atoms with Crippen molar-refractivity contribution in [2.45, 2.75) is 132 Å². The molecule has 0 saturated heterocycles. The summed E-state index contributed by atoms with van der Waals surface area (Å²) in [4.78, 5) is 19.9. The summed E-state index contributed by atoms with van der Waals surface area (Å²) in [5, 5.41) is 16.3. The van der Waals surface area contributed by atoms with E-state index in [0.717, 1.165) is 0 Å². The first-order chi connectivity index (χ1) is 14.0. The van der Waals surface area contributed by atoms with Crippen LogP contribution in [0.2, 0.25) is 3.67 Å². The number of nitrogens with two attached hydrogens (primary N) is 1. The number of carboxylic acids is 2. The number of rotatable bonds is 20. The molecule has 0 saturated carbocycles. The van der Waals surface area contributed by atoms with Gasteiger partial charge in [-0.3, -0.25) is 9.59 Å². The molecule has 168 valence electrons. The van der Waals surface area contributed by atoms with Gasteiger partial charge in [-0.2, -0.15) is 0 Å². The Labute approximate surface area is 197 Å². The van der Waals surface area contributed by atoms with Gasteiger partial charge in [0.15, 0.2) is 0 Å². The fourth-order valence-electron chi connectivity index (χ4n) is 3.20. The second-order valence-electron chi connectivity index (χ2n) is 8.18. The van der Waals surface area contributed by atoms with Crippen LogP contribution >= 0.6 is 0 Å². The molecule has 0 aliphatic heterocycles. The van der Waals surface area contributed by atoms with Crippen LogP contribution in [-0.2, 0) is 9.59 Å². The Morgan fingerprint density at radius 3 is 1.34 bits per heavy atom. The van der Waals surface area contributed by atoms with Crippen LogP contribution in [-0.4, -0.2) is 56.1 Å². The molecule has 29 heavy (non-hydrogen) atoms. The molecule has 1 atom stereocenters. The molecule has 0 radical (unpaired) electrons. The van der Waals surface area contributed by atoms with Crippen LogP contribution in [0.3, 0.4) is 0 Å². The first-order valence-electron chi connectivity index (χ1n) is 12.2. The minimum absolute atomic E-state index is 0.0231. The van der Waals surface area contributed by atoms with E-state index >= 15 is 0 Å². The SMILES string of the molecule is CCCCCCCCCCCCCCCCC[CH2][Na].NC(CCC(=O)O)C(=O)O. The minimum Gasteiger partial charge on any atom is -0.481 e. The van der Waals surface area contributed by atoms with Gasteiger partial charge in [-0.25, -0.2) is 0 Å². The summed E-state index contributed by atoms with van der Waals surface area (Å²) in [5.74, 6) is -2.20. The van der Waals surface area contributed by atoms with E-state index in [1.165, 1.54) is 134 Å². The van der Waals surface area contributed by atoms with Crippen molar-refractivity contribution in [2.24, 2.45) is 5.73 Å². The summed E-state index contributed by atoms with van der Waals surface area (Å²) in [6, 6.07) is -1.06. The molecular weight excluding hydrogens is 377 g/mol. The summed E-state index contributed by atoms with van der Waals surface area (Å²) in [7, 11) is 0. The molecule has 0 bridgehead atoms. The van der Waals surface area contributed by atoms with E-state index in [4.69, 9.17) is 15.9 Å². The quantitative estimate of drug-likeness (QED) is 0.162. The largest absolute Gasteiger partial charge is 0.481 e. The number of unbranched alkanes of at least 4 members (excludes halogenated alkanes) is 15. The van der Waals surface area contributed by atoms with Crippen LogP contribution < -0.4 is 5.73 Å². The number of hydrogen-bond donors (Lipinski definition) is 3. The van der Waals surface area contributed by atoms with Crippen molar-refractivity contribution in [3.05, 3.63) is 0 Å². The summed E-state index contributed by atoms with van der Waals surface area (Å²) < 4.78 is 1.51. The monoisotopic (exact) mass is 423 g/mol. The number of carbonyl (C=O) groups is 2. The molecule has 0 rings (SSSR count). The Morgan fingerprint density at radius 2 is 1.07 bits per heavy atom. The Balaban J connectivity index is 0. The Hall–Kier alpha value is -0.100. The number of aliphatic carboxylic acids is 2. The maximum absolute atomic E-state index is 9.99. The van der Waals surface area contributed by atoms with Gasteiger partial charge in [0.2, 0.25) is 0 Å². The smallest absolute Gasteiger partial charge is 0.320 e. The molecular formula is C23H46NNaO4. The normalized spacial score (nSPS) is 11.6. The molecule has 5 nitrogen and oxygen atoms in total.